The van der Waals surface area contributed by atoms with Crippen molar-refractivity contribution in [3.05, 3.63) is 27.8 Å². The fraction of sp³-hybridized carbons (Fsp3) is 0.533. The zero-order chi connectivity index (χ0) is 19.2. The first-order valence-electron chi connectivity index (χ1n) is 8.11. The number of rotatable bonds is 3. The lowest BCUT2D eigenvalue weighted by molar-refractivity contribution is 0.0690. The standard InChI is InChI=1S/C15H21BrN6O3S/c1-10-12(9-17-19(10)3)26(24,25)22-7-5-21(6-8-22)15(23)14-13(16)11(2)20(4)18-14/h9H,5-8H2,1-4H3. The molecule has 11 heteroatoms. The minimum absolute atomic E-state index is 0.199. The van der Waals surface area contributed by atoms with Crippen molar-refractivity contribution in [2.24, 2.45) is 14.1 Å². The summed E-state index contributed by atoms with van der Waals surface area (Å²) in [4.78, 5) is 14.6. The molecule has 0 bridgehead atoms. The molecule has 26 heavy (non-hydrogen) atoms. The third-order valence-electron chi connectivity index (χ3n) is 4.80. The Labute approximate surface area is 160 Å². The van der Waals surface area contributed by atoms with E-state index in [0.29, 0.717) is 29.0 Å². The van der Waals surface area contributed by atoms with Crippen molar-refractivity contribution >= 4 is 31.9 Å². The van der Waals surface area contributed by atoms with E-state index in [4.69, 9.17) is 0 Å². The number of aromatic nitrogens is 4. The quantitative estimate of drug-likeness (QED) is 0.693. The van der Waals surface area contributed by atoms with Crippen LogP contribution in [0.3, 0.4) is 0 Å². The second kappa shape index (κ2) is 6.78. The molecule has 142 valence electrons. The molecule has 0 atom stereocenters. The van der Waals surface area contributed by atoms with E-state index < -0.39 is 10.0 Å². The number of nitrogens with zero attached hydrogens (tertiary/aromatic N) is 6. The van der Waals surface area contributed by atoms with E-state index in [1.54, 1.807) is 30.6 Å². The number of aryl methyl sites for hydroxylation is 2. The molecule has 1 aliphatic heterocycles. The van der Waals surface area contributed by atoms with E-state index in [-0.39, 0.29) is 23.9 Å². The highest BCUT2D eigenvalue weighted by Gasteiger charge is 2.33. The molecule has 0 saturated carbocycles. The van der Waals surface area contributed by atoms with Gasteiger partial charge in [0.1, 0.15) is 4.90 Å². The summed E-state index contributed by atoms with van der Waals surface area (Å²) < 4.78 is 30.9. The van der Waals surface area contributed by atoms with Crippen LogP contribution in [0.4, 0.5) is 0 Å². The maximum atomic E-state index is 12.8. The fourth-order valence-electron chi connectivity index (χ4n) is 2.87. The fourth-order valence-corrected chi connectivity index (χ4v) is 4.98. The monoisotopic (exact) mass is 444 g/mol. The minimum atomic E-state index is -3.61. The second-order valence-corrected chi connectivity index (χ2v) is 8.99. The zero-order valence-corrected chi connectivity index (χ0v) is 17.5. The summed E-state index contributed by atoms with van der Waals surface area (Å²) in [5.41, 5.74) is 1.81. The van der Waals surface area contributed by atoms with Crippen molar-refractivity contribution < 1.29 is 13.2 Å². The van der Waals surface area contributed by atoms with E-state index >= 15 is 0 Å². The Hall–Kier alpha value is -1.72. The first kappa shape index (κ1) is 19.1. The summed E-state index contributed by atoms with van der Waals surface area (Å²) in [6, 6.07) is 0. The Morgan fingerprint density at radius 3 is 2.15 bits per heavy atom. The van der Waals surface area contributed by atoms with Crippen molar-refractivity contribution in [2.45, 2.75) is 18.7 Å². The van der Waals surface area contributed by atoms with E-state index in [0.717, 1.165) is 5.69 Å². The Morgan fingerprint density at radius 2 is 1.69 bits per heavy atom. The first-order valence-corrected chi connectivity index (χ1v) is 10.3. The van der Waals surface area contributed by atoms with Gasteiger partial charge in [-0.3, -0.25) is 14.2 Å². The SMILES string of the molecule is Cc1c(S(=O)(=O)N2CCN(C(=O)c3nn(C)c(C)c3Br)CC2)cnn1C. The van der Waals surface area contributed by atoms with Crippen LogP contribution >= 0.6 is 15.9 Å². The number of piperazine rings is 1. The number of hydrogen-bond donors (Lipinski definition) is 0. The van der Waals surface area contributed by atoms with Crippen molar-refractivity contribution in [2.75, 3.05) is 26.2 Å². The molecule has 1 fully saturated rings. The predicted molar refractivity (Wildman–Crippen MR) is 98.3 cm³/mol. The number of halogens is 1. The van der Waals surface area contributed by atoms with Crippen molar-refractivity contribution in [1.82, 2.24) is 28.8 Å². The molecular weight excluding hydrogens is 424 g/mol. The van der Waals surface area contributed by atoms with Crippen molar-refractivity contribution in [1.29, 1.82) is 0 Å². The first-order chi connectivity index (χ1) is 12.1. The molecule has 0 spiro atoms. The molecule has 0 aliphatic carbocycles. The van der Waals surface area contributed by atoms with E-state index in [1.165, 1.54) is 15.2 Å². The summed E-state index contributed by atoms with van der Waals surface area (Å²) in [5, 5.41) is 8.26. The number of carbonyl (C=O) groups excluding carboxylic acids is 1. The lowest BCUT2D eigenvalue weighted by Crippen LogP contribution is -2.50. The maximum absolute atomic E-state index is 12.8. The number of carbonyl (C=O) groups is 1. The van der Waals surface area contributed by atoms with Crippen molar-refractivity contribution in [3.63, 3.8) is 0 Å². The maximum Gasteiger partial charge on any atom is 0.275 e. The third kappa shape index (κ3) is 3.08. The molecule has 1 amide bonds. The molecule has 2 aromatic rings. The van der Waals surface area contributed by atoms with Crippen molar-refractivity contribution in [3.8, 4) is 0 Å². The van der Waals surface area contributed by atoms with E-state index in [9.17, 15) is 13.2 Å². The number of sulfonamides is 1. The van der Waals surface area contributed by atoms with Crippen LogP contribution in [0.15, 0.2) is 15.6 Å². The van der Waals surface area contributed by atoms with Gasteiger partial charge in [-0.25, -0.2) is 8.42 Å². The van der Waals surface area contributed by atoms with Crippen LogP contribution in [-0.2, 0) is 24.1 Å². The highest BCUT2D eigenvalue weighted by atomic mass is 79.9. The van der Waals surface area contributed by atoms with Crippen LogP contribution in [0.25, 0.3) is 0 Å². The topological polar surface area (TPSA) is 93.3 Å². The molecular formula is C15H21BrN6O3S. The van der Waals surface area contributed by atoms with Crippen LogP contribution < -0.4 is 0 Å². The van der Waals surface area contributed by atoms with Gasteiger partial charge in [0.2, 0.25) is 10.0 Å². The smallest absolute Gasteiger partial charge is 0.275 e. The molecule has 1 saturated heterocycles. The zero-order valence-electron chi connectivity index (χ0n) is 15.1. The van der Waals surface area contributed by atoms with Gasteiger partial charge in [-0.05, 0) is 29.8 Å². The molecule has 2 aromatic heterocycles. The summed E-state index contributed by atoms with van der Waals surface area (Å²) >= 11 is 3.41. The Kier molecular flexibility index (Phi) is 4.97. The highest BCUT2D eigenvalue weighted by Crippen LogP contribution is 2.24. The van der Waals surface area contributed by atoms with E-state index in [2.05, 4.69) is 26.1 Å². The van der Waals surface area contributed by atoms with Crippen LogP contribution in [0, 0.1) is 13.8 Å². The van der Waals surface area contributed by atoms with Gasteiger partial charge >= 0.3 is 0 Å². The molecule has 0 N–H and O–H groups in total. The lowest BCUT2D eigenvalue weighted by Gasteiger charge is -2.33. The van der Waals surface area contributed by atoms with Crippen LogP contribution in [0.2, 0.25) is 0 Å². The summed E-state index contributed by atoms with van der Waals surface area (Å²) in [5.74, 6) is -0.199. The number of hydrogen-bond acceptors (Lipinski definition) is 5. The molecule has 0 radical (unpaired) electrons. The molecule has 3 heterocycles. The van der Waals surface area contributed by atoms with E-state index in [1.807, 2.05) is 6.92 Å². The lowest BCUT2D eigenvalue weighted by atomic mass is 10.3. The van der Waals surface area contributed by atoms with Gasteiger partial charge in [0, 0.05) is 40.3 Å². The highest BCUT2D eigenvalue weighted by molar-refractivity contribution is 9.10. The van der Waals surface area contributed by atoms with Gasteiger partial charge in [-0.2, -0.15) is 14.5 Å². The molecule has 0 unspecified atom stereocenters. The van der Waals surface area contributed by atoms with Gasteiger partial charge in [0.15, 0.2) is 5.69 Å². The normalized spacial score (nSPS) is 16.3. The average molecular weight is 445 g/mol. The van der Waals surface area contributed by atoms with Gasteiger partial charge in [0.05, 0.1) is 22.1 Å². The average Bonchev–Trinajstić information content (AvgIpc) is 3.09. The second-order valence-electron chi connectivity index (χ2n) is 6.29. The van der Waals surface area contributed by atoms with Crippen LogP contribution in [0.5, 0.6) is 0 Å². The Morgan fingerprint density at radius 1 is 1.08 bits per heavy atom. The third-order valence-corrected chi connectivity index (χ3v) is 7.75. The summed E-state index contributed by atoms with van der Waals surface area (Å²) in [7, 11) is -0.132. The van der Waals surface area contributed by atoms with Gasteiger partial charge in [0.25, 0.3) is 5.91 Å². The Balaban J connectivity index is 1.74. The van der Waals surface area contributed by atoms with Gasteiger partial charge in [-0.15, -0.1) is 0 Å². The molecule has 9 nitrogen and oxygen atoms in total. The predicted octanol–water partition coefficient (Wildman–Crippen LogP) is 0.680. The van der Waals surface area contributed by atoms with Crippen LogP contribution in [0.1, 0.15) is 21.9 Å². The van der Waals surface area contributed by atoms with Gasteiger partial charge < -0.3 is 4.90 Å². The molecule has 1 aliphatic rings. The summed E-state index contributed by atoms with van der Waals surface area (Å²) in [6.45, 7) is 4.71. The molecule has 3 rings (SSSR count). The minimum Gasteiger partial charge on any atom is -0.335 e. The molecule has 0 aromatic carbocycles. The summed E-state index contributed by atoms with van der Waals surface area (Å²) in [6.07, 6.45) is 1.37. The largest absolute Gasteiger partial charge is 0.335 e. The number of amides is 1. The van der Waals surface area contributed by atoms with Gasteiger partial charge in [-0.1, -0.05) is 0 Å². The van der Waals surface area contributed by atoms with Crippen LogP contribution in [-0.4, -0.2) is 69.3 Å². The Bertz CT molecular complexity index is 956.